The third-order valence-corrected chi connectivity index (χ3v) is 2.65. The third-order valence-electron chi connectivity index (χ3n) is 2.65. The molecule has 3 heteroatoms. The maximum Gasteiger partial charge on any atom is 0.0701 e. The molecule has 0 radical (unpaired) electrons. The van der Waals surface area contributed by atoms with Crippen LogP contribution in [0, 0.1) is 11.8 Å². The van der Waals surface area contributed by atoms with Gasteiger partial charge in [0.25, 0.3) is 0 Å². The van der Waals surface area contributed by atoms with Crippen LogP contribution >= 0.6 is 0 Å². The van der Waals surface area contributed by atoms with Crippen molar-refractivity contribution >= 4 is 0 Å². The van der Waals surface area contributed by atoms with Crippen LogP contribution in [0.15, 0.2) is 0 Å². The molecule has 0 atom stereocenters. The van der Waals surface area contributed by atoms with Gasteiger partial charge in [0, 0.05) is 13.2 Å². The minimum Gasteiger partial charge on any atom is -0.379 e. The van der Waals surface area contributed by atoms with E-state index in [-0.39, 0.29) is 0 Å². The van der Waals surface area contributed by atoms with Gasteiger partial charge in [0.15, 0.2) is 0 Å². The minimum absolute atomic E-state index is 0.674. The fourth-order valence-corrected chi connectivity index (χ4v) is 1.45. The van der Waals surface area contributed by atoms with Crippen LogP contribution in [0.3, 0.4) is 0 Å². The van der Waals surface area contributed by atoms with E-state index in [0.717, 1.165) is 32.0 Å². The van der Waals surface area contributed by atoms with E-state index >= 15 is 0 Å². The van der Waals surface area contributed by atoms with Crippen LogP contribution in [-0.2, 0) is 14.2 Å². The van der Waals surface area contributed by atoms with E-state index < -0.39 is 0 Å². The summed E-state index contributed by atoms with van der Waals surface area (Å²) in [5.74, 6) is 1.48. The molecular weight excluding hydrogens is 228 g/mol. The van der Waals surface area contributed by atoms with Crippen molar-refractivity contribution in [1.82, 2.24) is 0 Å². The largest absolute Gasteiger partial charge is 0.379 e. The predicted molar refractivity (Wildman–Crippen MR) is 76.0 cm³/mol. The van der Waals surface area contributed by atoms with Crippen LogP contribution in [0.25, 0.3) is 0 Å². The Balaban J connectivity index is 2.95. The molecule has 0 aliphatic heterocycles. The summed E-state index contributed by atoms with van der Waals surface area (Å²) in [6.07, 6.45) is 3.51. The Hall–Kier alpha value is -0.120. The van der Waals surface area contributed by atoms with Gasteiger partial charge in [0.2, 0.25) is 0 Å². The summed E-state index contributed by atoms with van der Waals surface area (Å²) in [6.45, 7) is 13.3. The molecule has 0 saturated carbocycles. The molecule has 0 aliphatic carbocycles. The Morgan fingerprint density at radius 2 is 1.00 bits per heavy atom. The Morgan fingerprint density at radius 3 is 1.50 bits per heavy atom. The van der Waals surface area contributed by atoms with Gasteiger partial charge >= 0.3 is 0 Å². The van der Waals surface area contributed by atoms with Crippen molar-refractivity contribution in [1.29, 1.82) is 0 Å². The second-order valence-electron chi connectivity index (χ2n) is 5.56. The smallest absolute Gasteiger partial charge is 0.0701 e. The standard InChI is InChI=1S/C15H32O3/c1-14(2)6-5-8-16-10-12-18-13-11-17-9-7-15(3)4/h14-15H,5-13H2,1-4H3. The van der Waals surface area contributed by atoms with Crippen molar-refractivity contribution in [3.05, 3.63) is 0 Å². The van der Waals surface area contributed by atoms with Crippen molar-refractivity contribution in [3.8, 4) is 0 Å². The third kappa shape index (κ3) is 15.9. The molecule has 3 nitrogen and oxygen atoms in total. The van der Waals surface area contributed by atoms with E-state index in [9.17, 15) is 0 Å². The van der Waals surface area contributed by atoms with E-state index in [4.69, 9.17) is 14.2 Å². The van der Waals surface area contributed by atoms with Gasteiger partial charge in [-0.05, 0) is 31.1 Å². The summed E-state index contributed by atoms with van der Waals surface area (Å²) < 4.78 is 16.3. The first-order valence-electron chi connectivity index (χ1n) is 7.36. The number of hydrogen-bond acceptors (Lipinski definition) is 3. The monoisotopic (exact) mass is 260 g/mol. The summed E-state index contributed by atoms with van der Waals surface area (Å²) in [6, 6.07) is 0. The second kappa shape index (κ2) is 13.3. The molecule has 0 aromatic rings. The van der Waals surface area contributed by atoms with Gasteiger partial charge in [-0.15, -0.1) is 0 Å². The fraction of sp³-hybridized carbons (Fsp3) is 1.00. The van der Waals surface area contributed by atoms with Crippen LogP contribution in [0.2, 0.25) is 0 Å². The molecule has 18 heavy (non-hydrogen) atoms. The molecule has 0 heterocycles. The molecule has 0 saturated heterocycles. The highest BCUT2D eigenvalue weighted by Crippen LogP contribution is 2.02. The number of rotatable bonds is 13. The van der Waals surface area contributed by atoms with Gasteiger partial charge < -0.3 is 14.2 Å². The topological polar surface area (TPSA) is 27.7 Å². The molecule has 0 spiro atoms. The fourth-order valence-electron chi connectivity index (χ4n) is 1.45. The molecule has 0 fully saturated rings. The average Bonchev–Trinajstić information content (AvgIpc) is 2.29. The number of hydrogen-bond donors (Lipinski definition) is 0. The first kappa shape index (κ1) is 17.9. The van der Waals surface area contributed by atoms with Gasteiger partial charge in [-0.3, -0.25) is 0 Å². The van der Waals surface area contributed by atoms with E-state index in [0.29, 0.717) is 32.3 Å². The molecule has 110 valence electrons. The molecular formula is C15H32O3. The zero-order valence-corrected chi connectivity index (χ0v) is 12.7. The number of ether oxygens (including phenoxy) is 3. The summed E-state index contributed by atoms with van der Waals surface area (Å²) in [4.78, 5) is 0. The first-order valence-corrected chi connectivity index (χ1v) is 7.36. The van der Waals surface area contributed by atoms with Gasteiger partial charge in [0.05, 0.1) is 26.4 Å². The van der Waals surface area contributed by atoms with Gasteiger partial charge in [0.1, 0.15) is 0 Å². The molecule has 0 amide bonds. The molecule has 0 aromatic carbocycles. The van der Waals surface area contributed by atoms with Gasteiger partial charge in [-0.25, -0.2) is 0 Å². The van der Waals surface area contributed by atoms with Crippen molar-refractivity contribution in [2.24, 2.45) is 11.8 Å². The minimum atomic E-state index is 0.674. The normalized spacial score (nSPS) is 11.7. The zero-order valence-electron chi connectivity index (χ0n) is 12.7. The Bertz CT molecular complexity index is 140. The maximum atomic E-state index is 5.48. The lowest BCUT2D eigenvalue weighted by Crippen LogP contribution is -2.11. The lowest BCUT2D eigenvalue weighted by Gasteiger charge is -2.08. The van der Waals surface area contributed by atoms with Crippen LogP contribution < -0.4 is 0 Å². The van der Waals surface area contributed by atoms with E-state index in [1.807, 2.05) is 0 Å². The van der Waals surface area contributed by atoms with Crippen LogP contribution in [0.5, 0.6) is 0 Å². The summed E-state index contributed by atoms with van der Waals surface area (Å²) in [5.41, 5.74) is 0. The van der Waals surface area contributed by atoms with Crippen LogP contribution in [0.1, 0.15) is 47.0 Å². The Kier molecular flexibility index (Phi) is 13.2. The SMILES string of the molecule is CC(C)CCCOCCOCCOCCC(C)C. The second-order valence-corrected chi connectivity index (χ2v) is 5.56. The quantitative estimate of drug-likeness (QED) is 0.474. The lowest BCUT2D eigenvalue weighted by molar-refractivity contribution is 0.0119. The molecule has 0 unspecified atom stereocenters. The Morgan fingerprint density at radius 1 is 0.556 bits per heavy atom. The highest BCUT2D eigenvalue weighted by atomic mass is 16.5. The van der Waals surface area contributed by atoms with E-state index in [2.05, 4.69) is 27.7 Å². The van der Waals surface area contributed by atoms with Crippen molar-refractivity contribution in [2.75, 3.05) is 39.6 Å². The predicted octanol–water partition coefficient (Wildman–Crippen LogP) is 3.52. The average molecular weight is 260 g/mol. The van der Waals surface area contributed by atoms with Crippen molar-refractivity contribution in [3.63, 3.8) is 0 Å². The highest BCUT2D eigenvalue weighted by Gasteiger charge is 1.96. The van der Waals surface area contributed by atoms with Crippen LogP contribution in [0.4, 0.5) is 0 Å². The molecule has 0 rings (SSSR count). The van der Waals surface area contributed by atoms with Crippen LogP contribution in [-0.4, -0.2) is 39.6 Å². The summed E-state index contributed by atoms with van der Waals surface area (Å²) in [7, 11) is 0. The molecule has 0 bridgehead atoms. The molecule has 0 aromatic heterocycles. The summed E-state index contributed by atoms with van der Waals surface area (Å²) >= 11 is 0. The highest BCUT2D eigenvalue weighted by molar-refractivity contribution is 4.45. The molecule has 0 N–H and O–H groups in total. The van der Waals surface area contributed by atoms with Gasteiger partial charge in [-0.2, -0.15) is 0 Å². The van der Waals surface area contributed by atoms with Crippen molar-refractivity contribution in [2.45, 2.75) is 47.0 Å². The van der Waals surface area contributed by atoms with Gasteiger partial charge in [-0.1, -0.05) is 27.7 Å². The first-order chi connectivity index (χ1) is 8.63. The van der Waals surface area contributed by atoms with E-state index in [1.54, 1.807) is 0 Å². The lowest BCUT2D eigenvalue weighted by atomic mass is 10.1. The maximum absolute atomic E-state index is 5.48. The molecule has 0 aliphatic rings. The van der Waals surface area contributed by atoms with Crippen molar-refractivity contribution < 1.29 is 14.2 Å². The summed E-state index contributed by atoms with van der Waals surface area (Å²) in [5, 5.41) is 0. The zero-order chi connectivity index (χ0) is 13.6. The Labute approximate surface area is 113 Å². The van der Waals surface area contributed by atoms with E-state index in [1.165, 1.54) is 6.42 Å².